The standard InChI is InChI=1S/C24H24N2O4S/c1-25(20-10-3-2-4-11-20)31(29,30)21-12-7-9-19(16-21)24(28)26-15-14-18-8-5-6-13-22(18)23(26)17-27/h2-13,16,23,27H,14-15,17H2,1H3/t23-/m1/s1. The number of carbonyl (C=O) groups excluding carboxylic acids is 1. The van der Waals surface area contributed by atoms with Gasteiger partial charge in [0.2, 0.25) is 0 Å². The predicted octanol–water partition coefficient (Wildman–Crippen LogP) is 3.24. The van der Waals surface area contributed by atoms with Crippen LogP contribution in [0.5, 0.6) is 0 Å². The van der Waals surface area contributed by atoms with Crippen LogP contribution in [-0.2, 0) is 16.4 Å². The highest BCUT2D eigenvalue weighted by atomic mass is 32.2. The van der Waals surface area contributed by atoms with Crippen LogP contribution in [0, 0.1) is 0 Å². The monoisotopic (exact) mass is 436 g/mol. The summed E-state index contributed by atoms with van der Waals surface area (Å²) in [6.45, 7) is 0.263. The summed E-state index contributed by atoms with van der Waals surface area (Å²) in [6, 6.07) is 22.2. The summed E-state index contributed by atoms with van der Waals surface area (Å²) in [5, 5.41) is 9.99. The quantitative estimate of drug-likeness (QED) is 0.666. The zero-order chi connectivity index (χ0) is 22.0. The highest BCUT2D eigenvalue weighted by Gasteiger charge is 2.31. The fraction of sp³-hybridized carbons (Fsp3) is 0.208. The molecule has 0 bridgehead atoms. The lowest BCUT2D eigenvalue weighted by Gasteiger charge is -2.36. The smallest absolute Gasteiger partial charge is 0.264 e. The molecular weight excluding hydrogens is 412 g/mol. The normalized spacial score (nSPS) is 15.9. The van der Waals surface area contributed by atoms with Gasteiger partial charge in [0.05, 0.1) is 23.2 Å². The highest BCUT2D eigenvalue weighted by molar-refractivity contribution is 7.92. The molecule has 0 unspecified atom stereocenters. The highest BCUT2D eigenvalue weighted by Crippen LogP contribution is 2.31. The van der Waals surface area contributed by atoms with E-state index in [9.17, 15) is 18.3 Å². The first-order chi connectivity index (χ1) is 14.9. The van der Waals surface area contributed by atoms with Gasteiger partial charge in [-0.25, -0.2) is 8.42 Å². The molecule has 3 aromatic rings. The van der Waals surface area contributed by atoms with E-state index in [0.29, 0.717) is 18.7 Å². The molecule has 160 valence electrons. The Morgan fingerprint density at radius 2 is 1.74 bits per heavy atom. The van der Waals surface area contributed by atoms with Crippen molar-refractivity contribution in [1.29, 1.82) is 0 Å². The second kappa shape index (κ2) is 8.53. The van der Waals surface area contributed by atoms with Crippen molar-refractivity contribution in [3.05, 3.63) is 95.6 Å². The maximum atomic E-state index is 13.3. The molecule has 0 fully saturated rings. The van der Waals surface area contributed by atoms with E-state index in [1.54, 1.807) is 41.3 Å². The van der Waals surface area contributed by atoms with Crippen LogP contribution in [0.4, 0.5) is 5.69 Å². The maximum Gasteiger partial charge on any atom is 0.264 e. The van der Waals surface area contributed by atoms with Crippen molar-refractivity contribution < 1.29 is 18.3 Å². The summed E-state index contributed by atoms with van der Waals surface area (Å²) in [4.78, 5) is 15.0. The van der Waals surface area contributed by atoms with Crippen LogP contribution >= 0.6 is 0 Å². The minimum absolute atomic E-state index is 0.0441. The Balaban J connectivity index is 1.65. The van der Waals surface area contributed by atoms with Crippen LogP contribution in [0.25, 0.3) is 0 Å². The number of hydrogen-bond donors (Lipinski definition) is 1. The number of para-hydroxylation sites is 1. The number of aliphatic hydroxyl groups excluding tert-OH is 1. The lowest BCUT2D eigenvalue weighted by Crippen LogP contribution is -2.41. The summed E-state index contributed by atoms with van der Waals surface area (Å²) in [7, 11) is -2.34. The van der Waals surface area contributed by atoms with E-state index in [4.69, 9.17) is 0 Å². The Morgan fingerprint density at radius 3 is 2.48 bits per heavy atom. The van der Waals surface area contributed by atoms with Gasteiger partial charge in [-0.05, 0) is 47.9 Å². The minimum Gasteiger partial charge on any atom is -0.394 e. The van der Waals surface area contributed by atoms with Gasteiger partial charge in [-0.3, -0.25) is 9.10 Å². The van der Waals surface area contributed by atoms with Crippen LogP contribution in [0.15, 0.2) is 83.8 Å². The van der Waals surface area contributed by atoms with Gasteiger partial charge in [-0.2, -0.15) is 0 Å². The molecule has 31 heavy (non-hydrogen) atoms. The third kappa shape index (κ3) is 3.94. The van der Waals surface area contributed by atoms with Crippen LogP contribution in [-0.4, -0.2) is 44.5 Å². The summed E-state index contributed by atoms with van der Waals surface area (Å²) in [5.41, 5.74) is 2.86. The number of amides is 1. The van der Waals surface area contributed by atoms with E-state index < -0.39 is 16.1 Å². The molecule has 0 spiro atoms. The molecule has 0 aliphatic carbocycles. The van der Waals surface area contributed by atoms with Gasteiger partial charge >= 0.3 is 0 Å². The Morgan fingerprint density at radius 1 is 1.03 bits per heavy atom. The maximum absolute atomic E-state index is 13.3. The molecular formula is C24H24N2O4S. The first kappa shape index (κ1) is 21.1. The van der Waals surface area contributed by atoms with Crippen molar-refractivity contribution in [3.63, 3.8) is 0 Å². The summed E-state index contributed by atoms with van der Waals surface area (Å²) in [6.07, 6.45) is 0.688. The molecule has 0 radical (unpaired) electrons. The second-order valence-electron chi connectivity index (χ2n) is 7.48. The molecule has 0 saturated carbocycles. The molecule has 6 nitrogen and oxygen atoms in total. The number of carbonyl (C=O) groups is 1. The van der Waals surface area contributed by atoms with E-state index in [2.05, 4.69) is 0 Å². The average molecular weight is 437 g/mol. The Hall–Kier alpha value is -3.16. The summed E-state index contributed by atoms with van der Waals surface area (Å²) >= 11 is 0. The van der Waals surface area contributed by atoms with Crippen LogP contribution in [0.2, 0.25) is 0 Å². The number of nitrogens with zero attached hydrogens (tertiary/aromatic N) is 2. The van der Waals surface area contributed by atoms with Crippen molar-refractivity contribution >= 4 is 21.6 Å². The summed E-state index contributed by atoms with van der Waals surface area (Å²) in [5.74, 6) is -0.298. The summed E-state index contributed by atoms with van der Waals surface area (Å²) < 4.78 is 27.5. The van der Waals surface area contributed by atoms with E-state index in [1.807, 2.05) is 30.3 Å². The molecule has 0 aromatic heterocycles. The third-order valence-electron chi connectivity index (χ3n) is 5.71. The van der Waals surface area contributed by atoms with Crippen molar-refractivity contribution in [3.8, 4) is 0 Å². The Kier molecular flexibility index (Phi) is 5.80. The van der Waals surface area contributed by atoms with Crippen molar-refractivity contribution in [1.82, 2.24) is 4.90 Å². The minimum atomic E-state index is -3.83. The zero-order valence-corrected chi connectivity index (χ0v) is 18.0. The van der Waals surface area contributed by atoms with E-state index in [-0.39, 0.29) is 23.0 Å². The molecule has 3 aromatic carbocycles. The molecule has 0 saturated heterocycles. The average Bonchev–Trinajstić information content (AvgIpc) is 2.82. The zero-order valence-electron chi connectivity index (χ0n) is 17.2. The number of fused-ring (bicyclic) bond motifs is 1. The number of anilines is 1. The van der Waals surface area contributed by atoms with E-state index >= 15 is 0 Å². The third-order valence-corrected chi connectivity index (χ3v) is 7.49. The van der Waals surface area contributed by atoms with E-state index in [1.165, 1.54) is 23.5 Å². The SMILES string of the molecule is CN(c1ccccc1)S(=O)(=O)c1cccc(C(=O)N2CCc3ccccc3[C@H]2CO)c1. The fourth-order valence-corrected chi connectivity index (χ4v) is 5.22. The molecule has 7 heteroatoms. The second-order valence-corrected chi connectivity index (χ2v) is 9.45. The van der Waals surface area contributed by atoms with Crippen molar-refractivity contribution in [2.24, 2.45) is 0 Å². The van der Waals surface area contributed by atoms with Crippen LogP contribution in [0.1, 0.15) is 27.5 Å². The topological polar surface area (TPSA) is 77.9 Å². The van der Waals surface area contributed by atoms with Crippen LogP contribution < -0.4 is 4.31 Å². The number of rotatable bonds is 5. The van der Waals surface area contributed by atoms with Gasteiger partial charge < -0.3 is 10.0 Å². The largest absolute Gasteiger partial charge is 0.394 e. The molecule has 4 rings (SSSR count). The van der Waals surface area contributed by atoms with Gasteiger partial charge in [0.15, 0.2) is 0 Å². The molecule has 1 aliphatic heterocycles. The van der Waals surface area contributed by atoms with Gasteiger partial charge in [0.25, 0.3) is 15.9 Å². The van der Waals surface area contributed by atoms with Gasteiger partial charge in [0, 0.05) is 19.2 Å². The number of benzene rings is 3. The van der Waals surface area contributed by atoms with Crippen molar-refractivity contribution in [2.45, 2.75) is 17.4 Å². The molecule has 1 aliphatic rings. The Labute approximate surface area is 182 Å². The van der Waals surface area contributed by atoms with Crippen LogP contribution in [0.3, 0.4) is 0 Å². The number of sulfonamides is 1. The van der Waals surface area contributed by atoms with E-state index in [0.717, 1.165) is 11.1 Å². The Bertz CT molecular complexity index is 1190. The molecule has 1 atom stereocenters. The van der Waals surface area contributed by atoms with Gasteiger partial charge in [-0.15, -0.1) is 0 Å². The number of hydrogen-bond acceptors (Lipinski definition) is 4. The predicted molar refractivity (Wildman–Crippen MR) is 119 cm³/mol. The first-order valence-electron chi connectivity index (χ1n) is 10.1. The first-order valence-corrected chi connectivity index (χ1v) is 11.5. The fourth-order valence-electron chi connectivity index (χ4n) is 3.98. The van der Waals surface area contributed by atoms with Gasteiger partial charge in [-0.1, -0.05) is 48.5 Å². The molecule has 1 heterocycles. The van der Waals surface area contributed by atoms with Gasteiger partial charge in [0.1, 0.15) is 0 Å². The lowest BCUT2D eigenvalue weighted by atomic mass is 9.92. The lowest BCUT2D eigenvalue weighted by molar-refractivity contribution is 0.0568. The van der Waals surface area contributed by atoms with Crippen molar-refractivity contribution in [2.75, 3.05) is 24.5 Å². The molecule has 1 amide bonds. The molecule has 1 N–H and O–H groups in total. The number of aliphatic hydroxyl groups is 1.